The molecule has 0 aromatic heterocycles. The third kappa shape index (κ3) is 7.25. The van der Waals surface area contributed by atoms with Gasteiger partial charge in [0.15, 0.2) is 6.61 Å². The van der Waals surface area contributed by atoms with Crippen LogP contribution in [0.5, 0.6) is 0 Å². The number of carbonyl (C=O) groups excluding carboxylic acids is 3. The zero-order chi connectivity index (χ0) is 20.6. The van der Waals surface area contributed by atoms with Crippen LogP contribution in [0.15, 0.2) is 36.4 Å². The zero-order valence-corrected chi connectivity index (χ0v) is 16.9. The fourth-order valence-corrected chi connectivity index (χ4v) is 2.44. The van der Waals surface area contributed by atoms with Crippen molar-refractivity contribution < 1.29 is 19.1 Å². The molecule has 0 spiro atoms. The van der Waals surface area contributed by atoms with Gasteiger partial charge in [-0.05, 0) is 38.8 Å². The van der Waals surface area contributed by atoms with Gasteiger partial charge in [0.2, 0.25) is 0 Å². The number of benzene rings is 1. The molecule has 0 saturated carbocycles. The van der Waals surface area contributed by atoms with Crippen LogP contribution in [0.4, 0.5) is 0 Å². The van der Waals surface area contributed by atoms with E-state index in [2.05, 4.69) is 11.9 Å². The lowest BCUT2D eigenvalue weighted by Gasteiger charge is -2.23. The van der Waals surface area contributed by atoms with Crippen LogP contribution in [0.3, 0.4) is 0 Å². The van der Waals surface area contributed by atoms with E-state index in [1.54, 1.807) is 17.0 Å². The Morgan fingerprint density at radius 3 is 2.26 bits per heavy atom. The van der Waals surface area contributed by atoms with Crippen molar-refractivity contribution in [2.75, 3.05) is 19.7 Å². The number of carbonyl (C=O) groups is 3. The van der Waals surface area contributed by atoms with Gasteiger partial charge in [-0.3, -0.25) is 9.59 Å². The minimum Gasteiger partial charge on any atom is -0.454 e. The lowest BCUT2D eigenvalue weighted by Crippen LogP contribution is -2.46. The molecule has 0 radical (unpaired) electrons. The number of aryl methyl sites for hydroxylation is 1. The monoisotopic (exact) mass is 374 g/mol. The summed E-state index contributed by atoms with van der Waals surface area (Å²) < 4.78 is 5.17. The second kappa shape index (κ2) is 10.5. The molecule has 27 heavy (non-hydrogen) atoms. The molecule has 1 unspecified atom stereocenters. The van der Waals surface area contributed by atoms with Gasteiger partial charge in [-0.25, -0.2) is 4.79 Å². The summed E-state index contributed by atoms with van der Waals surface area (Å²) in [5.41, 5.74) is 2.36. The summed E-state index contributed by atoms with van der Waals surface area (Å²) in [6.45, 7) is 13.6. The number of rotatable bonds is 9. The van der Waals surface area contributed by atoms with E-state index < -0.39 is 12.0 Å². The molecule has 6 heteroatoms. The molecule has 0 saturated heterocycles. The SMILES string of the molecule is C=C(C)CN(CC)C(=O)COC(=O)C(NC(=O)c1ccc(C)cc1)C(C)C. The minimum absolute atomic E-state index is 0.181. The van der Waals surface area contributed by atoms with Crippen LogP contribution in [-0.2, 0) is 14.3 Å². The average Bonchev–Trinajstić information content (AvgIpc) is 2.61. The van der Waals surface area contributed by atoms with Crippen LogP contribution in [0.25, 0.3) is 0 Å². The highest BCUT2D eigenvalue weighted by molar-refractivity contribution is 5.97. The van der Waals surface area contributed by atoms with Crippen LogP contribution in [0, 0.1) is 12.8 Å². The van der Waals surface area contributed by atoms with E-state index >= 15 is 0 Å². The van der Waals surface area contributed by atoms with Gasteiger partial charge in [0.1, 0.15) is 6.04 Å². The molecule has 0 fully saturated rings. The topological polar surface area (TPSA) is 75.7 Å². The van der Waals surface area contributed by atoms with E-state index in [0.29, 0.717) is 18.7 Å². The summed E-state index contributed by atoms with van der Waals surface area (Å²) in [5, 5.41) is 2.70. The van der Waals surface area contributed by atoms with Gasteiger partial charge >= 0.3 is 5.97 Å². The van der Waals surface area contributed by atoms with Crippen LogP contribution in [0.2, 0.25) is 0 Å². The zero-order valence-electron chi connectivity index (χ0n) is 16.9. The van der Waals surface area contributed by atoms with Crippen LogP contribution >= 0.6 is 0 Å². The summed E-state index contributed by atoms with van der Waals surface area (Å²) in [6.07, 6.45) is 0. The Hall–Kier alpha value is -2.63. The molecule has 1 aromatic rings. The number of esters is 1. The smallest absolute Gasteiger partial charge is 0.329 e. The van der Waals surface area contributed by atoms with Crippen molar-refractivity contribution in [3.05, 3.63) is 47.5 Å². The van der Waals surface area contributed by atoms with E-state index in [9.17, 15) is 14.4 Å². The predicted octanol–water partition coefficient (Wildman–Crippen LogP) is 2.72. The van der Waals surface area contributed by atoms with Gasteiger partial charge in [0, 0.05) is 18.7 Å². The molecule has 6 nitrogen and oxygen atoms in total. The highest BCUT2D eigenvalue weighted by atomic mass is 16.5. The molecule has 0 aliphatic heterocycles. The molecule has 0 aliphatic rings. The normalized spacial score (nSPS) is 11.6. The number of amides is 2. The number of hydrogen-bond acceptors (Lipinski definition) is 4. The minimum atomic E-state index is -0.831. The number of ether oxygens (including phenoxy) is 1. The van der Waals surface area contributed by atoms with Crippen molar-refractivity contribution in [3.8, 4) is 0 Å². The molecule has 1 rings (SSSR count). The van der Waals surface area contributed by atoms with Gasteiger partial charge in [-0.2, -0.15) is 0 Å². The molecule has 148 valence electrons. The molecule has 0 aliphatic carbocycles. The van der Waals surface area contributed by atoms with E-state index in [-0.39, 0.29) is 24.3 Å². The molecular weight excluding hydrogens is 344 g/mol. The number of nitrogens with one attached hydrogen (secondary N) is 1. The van der Waals surface area contributed by atoms with E-state index in [1.807, 2.05) is 46.8 Å². The summed E-state index contributed by atoms with van der Waals surface area (Å²) in [6, 6.07) is 6.23. The van der Waals surface area contributed by atoms with E-state index in [1.165, 1.54) is 0 Å². The predicted molar refractivity (Wildman–Crippen MR) is 105 cm³/mol. The maximum atomic E-state index is 12.4. The fourth-order valence-electron chi connectivity index (χ4n) is 2.44. The Morgan fingerprint density at radius 1 is 1.19 bits per heavy atom. The summed E-state index contributed by atoms with van der Waals surface area (Å²) in [5.74, 6) is -1.44. The van der Waals surface area contributed by atoms with Gasteiger partial charge in [-0.1, -0.05) is 43.7 Å². The van der Waals surface area contributed by atoms with Crippen molar-refractivity contribution in [2.45, 2.75) is 40.7 Å². The first-order valence-electron chi connectivity index (χ1n) is 9.12. The number of hydrogen-bond donors (Lipinski definition) is 1. The van der Waals surface area contributed by atoms with E-state index in [0.717, 1.165) is 11.1 Å². The molecule has 2 amide bonds. The van der Waals surface area contributed by atoms with Gasteiger partial charge in [0.25, 0.3) is 11.8 Å². The Kier molecular flexibility index (Phi) is 8.72. The molecule has 1 aromatic carbocycles. The largest absolute Gasteiger partial charge is 0.454 e. The fraction of sp³-hybridized carbons (Fsp3) is 0.476. The highest BCUT2D eigenvalue weighted by Gasteiger charge is 2.27. The molecule has 1 atom stereocenters. The maximum Gasteiger partial charge on any atom is 0.329 e. The third-order valence-corrected chi connectivity index (χ3v) is 4.05. The summed E-state index contributed by atoms with van der Waals surface area (Å²) in [7, 11) is 0. The van der Waals surface area contributed by atoms with Crippen molar-refractivity contribution >= 4 is 17.8 Å². The second-order valence-corrected chi connectivity index (χ2v) is 7.03. The van der Waals surface area contributed by atoms with Crippen LogP contribution in [0.1, 0.15) is 43.6 Å². The molecule has 1 N–H and O–H groups in total. The lowest BCUT2D eigenvalue weighted by molar-refractivity contribution is -0.154. The lowest BCUT2D eigenvalue weighted by atomic mass is 10.0. The first-order valence-corrected chi connectivity index (χ1v) is 9.12. The highest BCUT2D eigenvalue weighted by Crippen LogP contribution is 2.08. The van der Waals surface area contributed by atoms with Crippen molar-refractivity contribution in [3.63, 3.8) is 0 Å². The number of likely N-dealkylation sites (N-methyl/N-ethyl adjacent to an activating group) is 1. The second-order valence-electron chi connectivity index (χ2n) is 7.03. The van der Waals surface area contributed by atoms with Crippen molar-refractivity contribution in [2.24, 2.45) is 5.92 Å². The Balaban J connectivity index is 2.70. The average molecular weight is 374 g/mol. The third-order valence-electron chi connectivity index (χ3n) is 4.05. The standard InChI is InChI=1S/C21H30N2O4/c1-7-23(12-14(2)3)18(24)13-27-21(26)19(15(4)5)22-20(25)17-10-8-16(6)9-11-17/h8-11,15,19H,2,7,12-13H2,1,3-6H3,(H,22,25). The summed E-state index contributed by atoms with van der Waals surface area (Å²) >= 11 is 0. The Morgan fingerprint density at radius 2 is 1.78 bits per heavy atom. The van der Waals surface area contributed by atoms with Crippen molar-refractivity contribution in [1.82, 2.24) is 10.2 Å². The van der Waals surface area contributed by atoms with E-state index in [4.69, 9.17) is 4.74 Å². The molecular formula is C21H30N2O4. The molecule has 0 heterocycles. The van der Waals surface area contributed by atoms with Gasteiger partial charge in [-0.15, -0.1) is 0 Å². The Bertz CT molecular complexity index is 680. The molecule has 0 bridgehead atoms. The van der Waals surface area contributed by atoms with Gasteiger partial charge in [0.05, 0.1) is 0 Å². The van der Waals surface area contributed by atoms with Crippen LogP contribution < -0.4 is 5.32 Å². The van der Waals surface area contributed by atoms with Gasteiger partial charge < -0.3 is 15.0 Å². The number of nitrogens with zero attached hydrogens (tertiary/aromatic N) is 1. The first kappa shape index (κ1) is 22.4. The quantitative estimate of drug-likeness (QED) is 0.533. The maximum absolute atomic E-state index is 12.4. The van der Waals surface area contributed by atoms with Crippen molar-refractivity contribution in [1.29, 1.82) is 0 Å². The Labute approximate surface area is 161 Å². The first-order chi connectivity index (χ1) is 12.6. The summed E-state index contributed by atoms with van der Waals surface area (Å²) in [4.78, 5) is 38.6. The van der Waals surface area contributed by atoms with Crippen LogP contribution in [-0.4, -0.2) is 48.4 Å².